The van der Waals surface area contributed by atoms with Gasteiger partial charge in [0.25, 0.3) is 10.0 Å². The van der Waals surface area contributed by atoms with Crippen LogP contribution in [-0.4, -0.2) is 28.0 Å². The maximum atomic E-state index is 13.4. The zero-order valence-electron chi connectivity index (χ0n) is 16.8. The summed E-state index contributed by atoms with van der Waals surface area (Å²) < 4.78 is 33.1. The van der Waals surface area contributed by atoms with Crippen molar-refractivity contribution in [1.82, 2.24) is 0 Å². The first kappa shape index (κ1) is 22.9. The highest BCUT2D eigenvalue weighted by molar-refractivity contribution is 7.92. The third kappa shape index (κ3) is 5.31. The molecule has 0 saturated carbocycles. The van der Waals surface area contributed by atoms with Gasteiger partial charge in [-0.25, -0.2) is 8.42 Å². The van der Waals surface area contributed by atoms with Crippen LogP contribution in [0.25, 0.3) is 0 Å². The smallest absolute Gasteiger partial charge is 0.264 e. The van der Waals surface area contributed by atoms with Gasteiger partial charge in [0, 0.05) is 15.7 Å². The van der Waals surface area contributed by atoms with Crippen molar-refractivity contribution in [3.05, 3.63) is 82.3 Å². The molecule has 0 aliphatic rings. The summed E-state index contributed by atoms with van der Waals surface area (Å²) in [6.45, 7) is 1.34. The minimum atomic E-state index is -4.10. The average Bonchev–Trinajstić information content (AvgIpc) is 2.75. The summed E-state index contributed by atoms with van der Waals surface area (Å²) in [5.41, 5.74) is 1.46. The van der Waals surface area contributed by atoms with Gasteiger partial charge in [0.2, 0.25) is 5.91 Å². The Hall–Kier alpha value is -2.74. The van der Waals surface area contributed by atoms with E-state index in [4.69, 9.17) is 27.9 Å². The predicted octanol–water partition coefficient (Wildman–Crippen LogP) is 5.14. The number of carbonyl (C=O) groups is 1. The summed E-state index contributed by atoms with van der Waals surface area (Å²) in [5, 5.41) is 3.47. The Balaban J connectivity index is 2.01. The second-order valence-corrected chi connectivity index (χ2v) is 9.36. The molecular formula is C22H20Cl2N2O4S. The molecule has 162 valence electrons. The Morgan fingerprint density at radius 3 is 2.39 bits per heavy atom. The van der Waals surface area contributed by atoms with Gasteiger partial charge in [-0.15, -0.1) is 0 Å². The Morgan fingerprint density at radius 1 is 1.03 bits per heavy atom. The van der Waals surface area contributed by atoms with E-state index in [0.717, 1.165) is 9.87 Å². The lowest BCUT2D eigenvalue weighted by molar-refractivity contribution is -0.114. The number of methoxy groups -OCH3 is 1. The van der Waals surface area contributed by atoms with Gasteiger partial charge in [0.15, 0.2) is 0 Å². The lowest BCUT2D eigenvalue weighted by Gasteiger charge is -2.26. The zero-order chi connectivity index (χ0) is 22.6. The molecule has 0 unspecified atom stereocenters. The summed E-state index contributed by atoms with van der Waals surface area (Å²) in [7, 11) is -2.69. The first-order valence-corrected chi connectivity index (χ1v) is 11.4. The standard InChI is InChI=1S/C22H20Cl2N2O4S/c1-15-8-10-17(13-19(15)24)25-22(27)14-26(20-12-16(23)9-11-21(20)30-2)31(28,29)18-6-4-3-5-7-18/h3-13H,14H2,1-2H3,(H,25,27). The van der Waals surface area contributed by atoms with E-state index >= 15 is 0 Å². The summed E-state index contributed by atoms with van der Waals surface area (Å²) in [6.07, 6.45) is 0. The number of hydrogen-bond acceptors (Lipinski definition) is 4. The van der Waals surface area contributed by atoms with Crippen LogP contribution in [0.2, 0.25) is 10.0 Å². The second-order valence-electron chi connectivity index (χ2n) is 6.65. The molecule has 0 aliphatic heterocycles. The number of nitrogens with zero attached hydrogens (tertiary/aromatic N) is 1. The molecule has 6 nitrogen and oxygen atoms in total. The van der Waals surface area contributed by atoms with E-state index in [2.05, 4.69) is 5.32 Å². The van der Waals surface area contributed by atoms with E-state index in [1.54, 1.807) is 48.5 Å². The molecule has 0 bridgehead atoms. The van der Waals surface area contributed by atoms with Crippen LogP contribution in [0.3, 0.4) is 0 Å². The van der Waals surface area contributed by atoms with Crippen LogP contribution in [0.15, 0.2) is 71.6 Å². The average molecular weight is 479 g/mol. The number of anilines is 2. The van der Waals surface area contributed by atoms with Crippen molar-refractivity contribution in [2.45, 2.75) is 11.8 Å². The number of nitrogens with one attached hydrogen (secondary N) is 1. The maximum absolute atomic E-state index is 13.4. The molecule has 9 heteroatoms. The van der Waals surface area contributed by atoms with Crippen molar-refractivity contribution in [3.8, 4) is 5.75 Å². The van der Waals surface area contributed by atoms with E-state index in [-0.39, 0.29) is 16.3 Å². The molecule has 0 radical (unpaired) electrons. The number of rotatable bonds is 7. The highest BCUT2D eigenvalue weighted by Crippen LogP contribution is 2.34. The van der Waals surface area contributed by atoms with E-state index in [1.165, 1.54) is 25.3 Å². The van der Waals surface area contributed by atoms with Gasteiger partial charge < -0.3 is 10.1 Å². The SMILES string of the molecule is COc1ccc(Cl)cc1N(CC(=O)Nc1ccc(C)c(Cl)c1)S(=O)(=O)c1ccccc1. The highest BCUT2D eigenvalue weighted by Gasteiger charge is 2.29. The normalized spacial score (nSPS) is 11.1. The van der Waals surface area contributed by atoms with Crippen LogP contribution in [0.1, 0.15) is 5.56 Å². The fraction of sp³-hybridized carbons (Fsp3) is 0.136. The molecule has 3 aromatic carbocycles. The number of aryl methyl sites for hydroxylation is 1. The molecule has 0 atom stereocenters. The Morgan fingerprint density at radius 2 is 1.74 bits per heavy atom. The number of halogens is 2. The van der Waals surface area contributed by atoms with Crippen LogP contribution in [0.5, 0.6) is 5.75 Å². The van der Waals surface area contributed by atoms with Gasteiger partial charge in [-0.2, -0.15) is 0 Å². The summed E-state index contributed by atoms with van der Waals surface area (Å²) in [4.78, 5) is 12.9. The molecule has 1 N–H and O–H groups in total. The fourth-order valence-corrected chi connectivity index (χ4v) is 4.67. The molecule has 3 aromatic rings. The summed E-state index contributed by atoms with van der Waals surface area (Å²) >= 11 is 12.2. The largest absolute Gasteiger partial charge is 0.495 e. The Kier molecular flexibility index (Phi) is 7.10. The van der Waals surface area contributed by atoms with Gasteiger partial charge >= 0.3 is 0 Å². The van der Waals surface area contributed by atoms with E-state index in [1.807, 2.05) is 6.92 Å². The fourth-order valence-electron chi connectivity index (χ4n) is 2.88. The molecule has 1 amide bonds. The van der Waals surface area contributed by atoms with Crippen LogP contribution in [-0.2, 0) is 14.8 Å². The molecule has 0 spiro atoms. The van der Waals surface area contributed by atoms with Crippen LogP contribution >= 0.6 is 23.2 Å². The van der Waals surface area contributed by atoms with E-state index in [0.29, 0.717) is 15.7 Å². The maximum Gasteiger partial charge on any atom is 0.264 e. The van der Waals surface area contributed by atoms with Crippen molar-refractivity contribution in [2.24, 2.45) is 0 Å². The lowest BCUT2D eigenvalue weighted by atomic mass is 10.2. The van der Waals surface area contributed by atoms with Gasteiger partial charge in [-0.1, -0.05) is 47.5 Å². The van der Waals surface area contributed by atoms with Crippen LogP contribution < -0.4 is 14.4 Å². The Labute approximate surface area is 191 Å². The van der Waals surface area contributed by atoms with E-state index in [9.17, 15) is 13.2 Å². The number of carbonyl (C=O) groups excluding carboxylic acids is 1. The molecular weight excluding hydrogens is 459 g/mol. The van der Waals surface area contributed by atoms with Crippen molar-refractivity contribution in [1.29, 1.82) is 0 Å². The molecule has 0 saturated heterocycles. The summed E-state index contributed by atoms with van der Waals surface area (Å²) in [5.74, 6) is -0.295. The third-order valence-electron chi connectivity index (χ3n) is 4.48. The van der Waals surface area contributed by atoms with Gasteiger partial charge in [-0.05, 0) is 55.0 Å². The first-order valence-electron chi connectivity index (χ1n) is 9.19. The molecule has 3 rings (SSSR count). The van der Waals surface area contributed by atoms with E-state index < -0.39 is 22.5 Å². The van der Waals surface area contributed by atoms with Crippen LogP contribution in [0, 0.1) is 6.92 Å². The van der Waals surface area contributed by atoms with Crippen molar-refractivity contribution in [3.63, 3.8) is 0 Å². The number of ether oxygens (including phenoxy) is 1. The molecule has 0 aromatic heterocycles. The molecule has 0 aliphatic carbocycles. The number of amides is 1. The predicted molar refractivity (Wildman–Crippen MR) is 124 cm³/mol. The Bertz CT molecular complexity index is 1200. The zero-order valence-corrected chi connectivity index (χ0v) is 19.1. The minimum Gasteiger partial charge on any atom is -0.495 e. The topological polar surface area (TPSA) is 75.7 Å². The van der Waals surface area contributed by atoms with Crippen LogP contribution in [0.4, 0.5) is 11.4 Å². The number of hydrogen-bond donors (Lipinski definition) is 1. The quantitative estimate of drug-likeness (QED) is 0.509. The summed E-state index contributed by atoms with van der Waals surface area (Å²) in [6, 6.07) is 17.4. The van der Waals surface area contributed by atoms with Crippen molar-refractivity contribution >= 4 is 50.5 Å². The number of sulfonamides is 1. The third-order valence-corrected chi connectivity index (χ3v) is 6.90. The lowest BCUT2D eigenvalue weighted by Crippen LogP contribution is -2.38. The first-order chi connectivity index (χ1) is 14.7. The highest BCUT2D eigenvalue weighted by atomic mass is 35.5. The molecule has 31 heavy (non-hydrogen) atoms. The monoisotopic (exact) mass is 478 g/mol. The molecule has 0 fully saturated rings. The van der Waals surface area contributed by atoms with Crippen molar-refractivity contribution in [2.75, 3.05) is 23.3 Å². The van der Waals surface area contributed by atoms with Gasteiger partial charge in [-0.3, -0.25) is 9.10 Å². The van der Waals surface area contributed by atoms with Gasteiger partial charge in [0.05, 0.1) is 17.7 Å². The van der Waals surface area contributed by atoms with Gasteiger partial charge in [0.1, 0.15) is 12.3 Å². The number of benzene rings is 3. The minimum absolute atomic E-state index is 0.0307. The molecule has 0 heterocycles. The second kappa shape index (κ2) is 9.60. The van der Waals surface area contributed by atoms with Crippen molar-refractivity contribution < 1.29 is 17.9 Å².